The van der Waals surface area contributed by atoms with Crippen molar-refractivity contribution in [2.45, 2.75) is 5.92 Å². The summed E-state index contributed by atoms with van der Waals surface area (Å²) in [6.07, 6.45) is 5.08. The van der Waals surface area contributed by atoms with E-state index in [-0.39, 0.29) is 17.7 Å². The maximum atomic E-state index is 12.6. The van der Waals surface area contributed by atoms with Crippen molar-refractivity contribution in [2.75, 3.05) is 26.8 Å². The van der Waals surface area contributed by atoms with Gasteiger partial charge in [-0.2, -0.15) is 0 Å². The van der Waals surface area contributed by atoms with Crippen molar-refractivity contribution in [3.63, 3.8) is 0 Å². The van der Waals surface area contributed by atoms with E-state index < -0.39 is 0 Å². The number of aromatic nitrogens is 2. The minimum absolute atomic E-state index is 0.0210. The molecule has 3 heterocycles. The Morgan fingerprint density at radius 3 is 2.86 bits per heavy atom. The summed E-state index contributed by atoms with van der Waals surface area (Å²) in [6, 6.07) is 9.49. The molecule has 0 unspecified atom stereocenters. The third kappa shape index (κ3) is 2.99. The maximum Gasteiger partial charge on any atom is 0.255 e. The molecule has 0 radical (unpaired) electrons. The average molecular weight is 297 g/mol. The van der Waals surface area contributed by atoms with Crippen molar-refractivity contribution in [1.29, 1.82) is 0 Å². The van der Waals surface area contributed by atoms with Crippen LogP contribution < -0.4 is 0 Å². The molecule has 0 aromatic carbocycles. The second-order valence-electron chi connectivity index (χ2n) is 5.53. The normalized spacial score (nSPS) is 21.0. The molecule has 0 spiro atoms. The molecule has 2 atom stereocenters. The van der Waals surface area contributed by atoms with Crippen LogP contribution >= 0.6 is 0 Å². The monoisotopic (exact) mass is 297 g/mol. The Hall–Kier alpha value is -2.27. The molecule has 0 N–H and O–H groups in total. The Bertz CT molecular complexity index is 618. The van der Waals surface area contributed by atoms with Crippen LogP contribution in [0.4, 0.5) is 0 Å². The van der Waals surface area contributed by atoms with Gasteiger partial charge in [0, 0.05) is 56.3 Å². The van der Waals surface area contributed by atoms with E-state index in [0.717, 1.165) is 5.69 Å². The van der Waals surface area contributed by atoms with Gasteiger partial charge in [-0.1, -0.05) is 6.07 Å². The summed E-state index contributed by atoms with van der Waals surface area (Å²) in [7, 11) is 1.70. The second-order valence-corrected chi connectivity index (χ2v) is 5.53. The zero-order valence-corrected chi connectivity index (χ0v) is 12.6. The van der Waals surface area contributed by atoms with Crippen LogP contribution in [0.25, 0.3) is 0 Å². The van der Waals surface area contributed by atoms with Crippen molar-refractivity contribution in [3.8, 4) is 0 Å². The van der Waals surface area contributed by atoms with Gasteiger partial charge in [0.05, 0.1) is 12.2 Å². The minimum atomic E-state index is 0.0210. The van der Waals surface area contributed by atoms with Crippen molar-refractivity contribution < 1.29 is 9.53 Å². The topological polar surface area (TPSA) is 55.3 Å². The van der Waals surface area contributed by atoms with Gasteiger partial charge >= 0.3 is 0 Å². The van der Waals surface area contributed by atoms with Crippen LogP contribution in [-0.4, -0.2) is 47.6 Å². The number of carbonyl (C=O) groups is 1. The van der Waals surface area contributed by atoms with Gasteiger partial charge in [-0.3, -0.25) is 14.8 Å². The molecule has 0 bridgehead atoms. The quantitative estimate of drug-likeness (QED) is 0.866. The van der Waals surface area contributed by atoms with Crippen molar-refractivity contribution >= 4 is 5.91 Å². The van der Waals surface area contributed by atoms with Gasteiger partial charge in [-0.15, -0.1) is 0 Å². The number of hydrogen-bond donors (Lipinski definition) is 0. The molecular weight excluding hydrogens is 278 g/mol. The number of hydrogen-bond acceptors (Lipinski definition) is 4. The summed E-state index contributed by atoms with van der Waals surface area (Å²) in [5.74, 6) is 0.495. The lowest BCUT2D eigenvalue weighted by molar-refractivity contribution is 0.0775. The van der Waals surface area contributed by atoms with E-state index in [2.05, 4.69) is 9.97 Å². The third-order valence-corrected chi connectivity index (χ3v) is 4.09. The van der Waals surface area contributed by atoms with Gasteiger partial charge in [-0.25, -0.2) is 0 Å². The van der Waals surface area contributed by atoms with E-state index in [9.17, 15) is 4.79 Å². The van der Waals surface area contributed by atoms with Crippen LogP contribution in [0, 0.1) is 5.92 Å². The SMILES string of the molecule is COC[C@@H]1CN(C(=O)c2cccnc2)C[C@H]1c1ccccn1. The first kappa shape index (κ1) is 14.7. The first-order chi connectivity index (χ1) is 10.8. The summed E-state index contributed by atoms with van der Waals surface area (Å²) >= 11 is 0. The summed E-state index contributed by atoms with van der Waals surface area (Å²) in [6.45, 7) is 1.97. The van der Waals surface area contributed by atoms with Gasteiger partial charge in [-0.05, 0) is 24.3 Å². The molecule has 1 amide bonds. The number of likely N-dealkylation sites (tertiary alicyclic amines) is 1. The standard InChI is InChI=1S/C17H19N3O2/c1-22-12-14-10-20(17(21)13-5-4-7-18-9-13)11-15(14)16-6-2-3-8-19-16/h2-9,14-15H,10-12H2,1H3/t14-,15+/m0/s1. The lowest BCUT2D eigenvalue weighted by atomic mass is 9.93. The molecular formula is C17H19N3O2. The molecule has 0 saturated carbocycles. The van der Waals surface area contributed by atoms with Crippen molar-refractivity contribution in [3.05, 3.63) is 60.2 Å². The summed E-state index contributed by atoms with van der Waals surface area (Å²) in [5.41, 5.74) is 1.64. The molecule has 1 fully saturated rings. The Labute approximate surface area is 130 Å². The molecule has 1 aliphatic heterocycles. The summed E-state index contributed by atoms with van der Waals surface area (Å²) in [4.78, 5) is 23.0. The van der Waals surface area contributed by atoms with Crippen LogP contribution in [-0.2, 0) is 4.74 Å². The highest BCUT2D eigenvalue weighted by Crippen LogP contribution is 2.32. The Kier molecular flexibility index (Phi) is 4.44. The fraction of sp³-hybridized carbons (Fsp3) is 0.353. The number of amides is 1. The predicted octanol–water partition coefficient (Wildman–Crippen LogP) is 1.98. The molecule has 2 aromatic rings. The molecule has 3 rings (SSSR count). The summed E-state index contributed by atoms with van der Waals surface area (Å²) in [5, 5.41) is 0. The fourth-order valence-corrected chi connectivity index (χ4v) is 3.02. The van der Waals surface area contributed by atoms with E-state index >= 15 is 0 Å². The van der Waals surface area contributed by atoms with Crippen LogP contribution in [0.3, 0.4) is 0 Å². The number of pyridine rings is 2. The molecule has 5 heteroatoms. The predicted molar refractivity (Wildman–Crippen MR) is 82.5 cm³/mol. The Morgan fingerprint density at radius 1 is 1.27 bits per heavy atom. The fourth-order valence-electron chi connectivity index (χ4n) is 3.02. The molecule has 1 aliphatic rings. The van der Waals surface area contributed by atoms with Gasteiger partial charge in [0.15, 0.2) is 0 Å². The highest BCUT2D eigenvalue weighted by molar-refractivity contribution is 5.94. The Morgan fingerprint density at radius 2 is 2.18 bits per heavy atom. The van der Waals surface area contributed by atoms with Crippen LogP contribution in [0.2, 0.25) is 0 Å². The van der Waals surface area contributed by atoms with E-state index in [1.54, 1.807) is 37.8 Å². The first-order valence-corrected chi connectivity index (χ1v) is 7.38. The van der Waals surface area contributed by atoms with E-state index in [1.165, 1.54) is 0 Å². The summed E-state index contributed by atoms with van der Waals surface area (Å²) < 4.78 is 5.33. The molecule has 22 heavy (non-hydrogen) atoms. The van der Waals surface area contributed by atoms with E-state index in [4.69, 9.17) is 4.74 Å². The van der Waals surface area contributed by atoms with E-state index in [0.29, 0.717) is 25.3 Å². The molecule has 2 aromatic heterocycles. The lowest BCUT2D eigenvalue weighted by Gasteiger charge is -2.16. The highest BCUT2D eigenvalue weighted by atomic mass is 16.5. The average Bonchev–Trinajstić information content (AvgIpc) is 3.00. The molecule has 0 aliphatic carbocycles. The minimum Gasteiger partial charge on any atom is -0.384 e. The molecule has 5 nitrogen and oxygen atoms in total. The number of methoxy groups -OCH3 is 1. The number of carbonyl (C=O) groups excluding carboxylic acids is 1. The number of nitrogens with zero attached hydrogens (tertiary/aromatic N) is 3. The van der Waals surface area contributed by atoms with Gasteiger partial charge in [0.2, 0.25) is 0 Å². The second kappa shape index (κ2) is 6.66. The zero-order chi connectivity index (χ0) is 15.4. The van der Waals surface area contributed by atoms with E-state index in [1.807, 2.05) is 23.1 Å². The molecule has 114 valence electrons. The van der Waals surface area contributed by atoms with Crippen LogP contribution in [0.15, 0.2) is 48.9 Å². The van der Waals surface area contributed by atoms with Crippen LogP contribution in [0.5, 0.6) is 0 Å². The third-order valence-electron chi connectivity index (χ3n) is 4.09. The van der Waals surface area contributed by atoms with Crippen LogP contribution in [0.1, 0.15) is 22.0 Å². The largest absolute Gasteiger partial charge is 0.384 e. The molecule has 1 saturated heterocycles. The Balaban J connectivity index is 1.80. The number of rotatable bonds is 4. The van der Waals surface area contributed by atoms with Gasteiger partial charge in [0.25, 0.3) is 5.91 Å². The lowest BCUT2D eigenvalue weighted by Crippen LogP contribution is -2.29. The van der Waals surface area contributed by atoms with Gasteiger partial charge < -0.3 is 9.64 Å². The van der Waals surface area contributed by atoms with Crippen molar-refractivity contribution in [1.82, 2.24) is 14.9 Å². The highest BCUT2D eigenvalue weighted by Gasteiger charge is 2.37. The number of ether oxygens (including phenoxy) is 1. The zero-order valence-electron chi connectivity index (χ0n) is 12.6. The smallest absolute Gasteiger partial charge is 0.255 e. The van der Waals surface area contributed by atoms with Crippen molar-refractivity contribution in [2.24, 2.45) is 5.92 Å². The maximum absolute atomic E-state index is 12.6. The van der Waals surface area contributed by atoms with Gasteiger partial charge in [0.1, 0.15) is 0 Å². The first-order valence-electron chi connectivity index (χ1n) is 7.38.